The molecule has 1 fully saturated rings. The van der Waals surface area contributed by atoms with Gasteiger partial charge in [-0.3, -0.25) is 9.88 Å². The Labute approximate surface area is 155 Å². The Balaban J connectivity index is 1.56. The summed E-state index contributed by atoms with van der Waals surface area (Å²) in [5, 5.41) is 6.98. The largest absolute Gasteiger partial charge is 0.367 e. The van der Waals surface area contributed by atoms with Gasteiger partial charge in [0, 0.05) is 49.4 Å². The van der Waals surface area contributed by atoms with Crippen LogP contribution in [-0.4, -0.2) is 38.5 Å². The second kappa shape index (κ2) is 7.19. The number of aromatic nitrogens is 3. The monoisotopic (exact) mass is 352 g/mol. The highest BCUT2D eigenvalue weighted by Gasteiger charge is 2.27. The van der Waals surface area contributed by atoms with E-state index in [1.54, 1.807) is 0 Å². The van der Waals surface area contributed by atoms with Crippen molar-refractivity contribution in [3.05, 3.63) is 40.8 Å². The third kappa shape index (κ3) is 4.12. The fourth-order valence-corrected chi connectivity index (χ4v) is 3.38. The van der Waals surface area contributed by atoms with Crippen LogP contribution in [0.25, 0.3) is 0 Å². The number of rotatable bonds is 6. The molecule has 0 aromatic carbocycles. The van der Waals surface area contributed by atoms with Crippen molar-refractivity contribution in [3.8, 4) is 0 Å². The van der Waals surface area contributed by atoms with E-state index in [9.17, 15) is 0 Å². The average molecular weight is 352 g/mol. The summed E-state index contributed by atoms with van der Waals surface area (Å²) in [4.78, 5) is 16.7. The van der Waals surface area contributed by atoms with Crippen LogP contribution in [0, 0.1) is 6.92 Å². The normalized spacial score (nSPS) is 17.2. The summed E-state index contributed by atoms with van der Waals surface area (Å²) in [6.45, 7) is 9.03. The summed E-state index contributed by atoms with van der Waals surface area (Å²) in [6.07, 6.45) is 3.43. The lowest BCUT2D eigenvalue weighted by Gasteiger charge is -2.29. The first kappa shape index (κ1) is 17.2. The molecule has 0 bridgehead atoms. The molecule has 2 aliphatic rings. The summed E-state index contributed by atoms with van der Waals surface area (Å²) in [5.74, 6) is 1.76. The van der Waals surface area contributed by atoms with Gasteiger partial charge in [0.15, 0.2) is 0 Å². The predicted octanol–water partition coefficient (Wildman–Crippen LogP) is 3.13. The van der Waals surface area contributed by atoms with Gasteiger partial charge in [-0.05, 0) is 45.7 Å². The molecule has 4 rings (SSSR count). The number of fused-ring (bicyclic) bond motifs is 1. The van der Waals surface area contributed by atoms with Crippen LogP contribution in [0.4, 0.5) is 11.8 Å². The highest BCUT2D eigenvalue weighted by Crippen LogP contribution is 2.30. The van der Waals surface area contributed by atoms with E-state index in [1.165, 1.54) is 24.1 Å². The molecule has 0 unspecified atom stereocenters. The third-order valence-corrected chi connectivity index (χ3v) is 4.81. The van der Waals surface area contributed by atoms with Crippen LogP contribution in [0.5, 0.6) is 0 Å². The zero-order chi connectivity index (χ0) is 18.1. The Hall–Kier alpha value is -2.21. The third-order valence-electron chi connectivity index (χ3n) is 4.81. The molecule has 6 nitrogen and oxygen atoms in total. The van der Waals surface area contributed by atoms with Gasteiger partial charge < -0.3 is 10.6 Å². The molecule has 0 radical (unpaired) electrons. The van der Waals surface area contributed by atoms with Crippen molar-refractivity contribution in [1.29, 1.82) is 0 Å². The molecule has 2 aromatic rings. The maximum Gasteiger partial charge on any atom is 0.225 e. The summed E-state index contributed by atoms with van der Waals surface area (Å²) >= 11 is 0. The van der Waals surface area contributed by atoms with Gasteiger partial charge in [-0.15, -0.1) is 0 Å². The quantitative estimate of drug-likeness (QED) is 0.833. The number of anilines is 2. The maximum absolute atomic E-state index is 4.79. The number of aryl methyl sites for hydroxylation is 1. The van der Waals surface area contributed by atoms with Crippen molar-refractivity contribution in [2.45, 2.75) is 65.2 Å². The second-order valence-electron chi connectivity index (χ2n) is 7.77. The summed E-state index contributed by atoms with van der Waals surface area (Å²) in [5.41, 5.74) is 4.64. The van der Waals surface area contributed by atoms with E-state index in [1.807, 2.05) is 13.0 Å². The van der Waals surface area contributed by atoms with Crippen molar-refractivity contribution >= 4 is 11.8 Å². The standard InChI is InChI=1S/C20H28N6/c1-13(2)21-20-24-18-9-10-26(11-16-6-4-5-14(3)22-16)12-17(18)19(25-20)23-15-7-8-15/h4-6,13,15H,7-12H2,1-3H3,(H2,21,23,24,25). The van der Waals surface area contributed by atoms with Crippen LogP contribution in [0.2, 0.25) is 0 Å². The molecule has 138 valence electrons. The van der Waals surface area contributed by atoms with Gasteiger partial charge in [0.2, 0.25) is 5.95 Å². The van der Waals surface area contributed by atoms with Gasteiger partial charge in [0.1, 0.15) is 5.82 Å². The molecule has 26 heavy (non-hydrogen) atoms. The number of nitrogens with one attached hydrogen (secondary N) is 2. The van der Waals surface area contributed by atoms with Crippen LogP contribution >= 0.6 is 0 Å². The second-order valence-corrected chi connectivity index (χ2v) is 7.77. The van der Waals surface area contributed by atoms with Crippen molar-refractivity contribution in [2.75, 3.05) is 17.2 Å². The van der Waals surface area contributed by atoms with Crippen LogP contribution in [-0.2, 0) is 19.5 Å². The number of hydrogen-bond acceptors (Lipinski definition) is 6. The van der Waals surface area contributed by atoms with E-state index in [0.717, 1.165) is 49.2 Å². The van der Waals surface area contributed by atoms with Crippen LogP contribution < -0.4 is 10.6 Å². The van der Waals surface area contributed by atoms with Crippen LogP contribution in [0.3, 0.4) is 0 Å². The molecule has 0 amide bonds. The van der Waals surface area contributed by atoms with Gasteiger partial charge in [0.25, 0.3) is 0 Å². The first-order valence-corrected chi connectivity index (χ1v) is 9.64. The van der Waals surface area contributed by atoms with Gasteiger partial charge in [-0.1, -0.05) is 6.07 Å². The van der Waals surface area contributed by atoms with E-state index in [2.05, 4.69) is 46.5 Å². The minimum absolute atomic E-state index is 0.328. The van der Waals surface area contributed by atoms with E-state index >= 15 is 0 Å². The highest BCUT2D eigenvalue weighted by molar-refractivity contribution is 5.53. The van der Waals surface area contributed by atoms with E-state index in [-0.39, 0.29) is 0 Å². The van der Waals surface area contributed by atoms with Crippen LogP contribution in [0.15, 0.2) is 18.2 Å². The highest BCUT2D eigenvalue weighted by atomic mass is 15.2. The predicted molar refractivity (Wildman–Crippen MR) is 104 cm³/mol. The zero-order valence-electron chi connectivity index (χ0n) is 15.9. The first-order valence-electron chi connectivity index (χ1n) is 9.64. The van der Waals surface area contributed by atoms with Gasteiger partial charge in [-0.25, -0.2) is 4.98 Å². The smallest absolute Gasteiger partial charge is 0.225 e. The average Bonchev–Trinajstić information content (AvgIpc) is 3.39. The molecular formula is C20H28N6. The van der Waals surface area contributed by atoms with Gasteiger partial charge in [0.05, 0.1) is 11.4 Å². The fourth-order valence-electron chi connectivity index (χ4n) is 3.38. The molecule has 3 heterocycles. The van der Waals surface area contributed by atoms with Crippen molar-refractivity contribution < 1.29 is 0 Å². The molecule has 0 atom stereocenters. The van der Waals surface area contributed by atoms with Gasteiger partial charge in [-0.2, -0.15) is 4.98 Å². The molecule has 1 aliphatic carbocycles. The van der Waals surface area contributed by atoms with E-state index < -0.39 is 0 Å². The lowest BCUT2D eigenvalue weighted by atomic mass is 10.1. The molecule has 1 saturated carbocycles. The minimum Gasteiger partial charge on any atom is -0.367 e. The molecule has 1 aliphatic heterocycles. The van der Waals surface area contributed by atoms with Gasteiger partial charge >= 0.3 is 0 Å². The Morgan fingerprint density at radius 3 is 2.77 bits per heavy atom. The number of hydrogen-bond donors (Lipinski definition) is 2. The fraction of sp³-hybridized carbons (Fsp3) is 0.550. The lowest BCUT2D eigenvalue weighted by Crippen LogP contribution is -2.32. The molecule has 2 N–H and O–H groups in total. The first-order chi connectivity index (χ1) is 12.6. The maximum atomic E-state index is 4.79. The van der Waals surface area contributed by atoms with Crippen LogP contribution in [0.1, 0.15) is 49.3 Å². The Morgan fingerprint density at radius 2 is 2.04 bits per heavy atom. The SMILES string of the molecule is Cc1cccc(CN2CCc3nc(NC(C)C)nc(NC4CC4)c3C2)n1. The summed E-state index contributed by atoms with van der Waals surface area (Å²) in [7, 11) is 0. The molecular weight excluding hydrogens is 324 g/mol. The molecule has 6 heteroatoms. The Kier molecular flexibility index (Phi) is 4.76. The summed E-state index contributed by atoms with van der Waals surface area (Å²) in [6, 6.07) is 7.15. The number of nitrogens with zero attached hydrogens (tertiary/aromatic N) is 4. The molecule has 0 spiro atoms. The molecule has 2 aromatic heterocycles. The van der Waals surface area contributed by atoms with Crippen molar-refractivity contribution in [2.24, 2.45) is 0 Å². The van der Waals surface area contributed by atoms with Crippen molar-refractivity contribution in [3.63, 3.8) is 0 Å². The summed E-state index contributed by atoms with van der Waals surface area (Å²) < 4.78 is 0. The Bertz CT molecular complexity index is 784. The minimum atomic E-state index is 0.328. The molecule has 0 saturated heterocycles. The zero-order valence-corrected chi connectivity index (χ0v) is 15.9. The topological polar surface area (TPSA) is 66.0 Å². The van der Waals surface area contributed by atoms with E-state index in [4.69, 9.17) is 9.97 Å². The lowest BCUT2D eigenvalue weighted by molar-refractivity contribution is 0.240. The van der Waals surface area contributed by atoms with Crippen molar-refractivity contribution in [1.82, 2.24) is 19.9 Å². The van der Waals surface area contributed by atoms with E-state index in [0.29, 0.717) is 12.1 Å². The number of pyridine rings is 1. The Morgan fingerprint density at radius 1 is 1.19 bits per heavy atom.